The molecule has 1 rings (SSSR count). The molecule has 84 valence electrons. The van der Waals surface area contributed by atoms with Gasteiger partial charge in [-0.2, -0.15) is 0 Å². The van der Waals surface area contributed by atoms with E-state index in [9.17, 15) is 8.78 Å². The van der Waals surface area contributed by atoms with Crippen molar-refractivity contribution in [2.45, 2.75) is 12.5 Å². The van der Waals surface area contributed by atoms with Crippen LogP contribution in [0.4, 0.5) is 8.78 Å². The van der Waals surface area contributed by atoms with E-state index in [2.05, 4.69) is 0 Å². The highest BCUT2D eigenvalue weighted by Crippen LogP contribution is 2.30. The number of hydrogen-bond donors (Lipinski definition) is 1. The number of benzene rings is 1. The summed E-state index contributed by atoms with van der Waals surface area (Å²) in [7, 11) is 2.89. The van der Waals surface area contributed by atoms with Crippen molar-refractivity contribution in [2.24, 2.45) is 5.73 Å². The Labute approximate surface area is 86.8 Å². The standard InChI is InChI=1S/C10H13F2NO2/c1-14-6-3-4-7(8(5-6)15-2)9(13)10(11)12/h3-5,9-10H,13H2,1-2H3. The number of alkyl halides is 2. The second kappa shape index (κ2) is 4.93. The molecule has 0 saturated heterocycles. The van der Waals surface area contributed by atoms with Gasteiger partial charge in [0.05, 0.1) is 20.3 Å². The van der Waals surface area contributed by atoms with Crippen LogP contribution in [-0.2, 0) is 0 Å². The maximum Gasteiger partial charge on any atom is 0.257 e. The van der Waals surface area contributed by atoms with Crippen molar-refractivity contribution in [3.8, 4) is 11.5 Å². The lowest BCUT2D eigenvalue weighted by molar-refractivity contribution is 0.115. The maximum atomic E-state index is 12.4. The summed E-state index contributed by atoms with van der Waals surface area (Å²) in [5.74, 6) is 0.846. The van der Waals surface area contributed by atoms with Crippen LogP contribution in [0.1, 0.15) is 11.6 Å². The molecule has 1 aromatic rings. The first kappa shape index (κ1) is 11.7. The van der Waals surface area contributed by atoms with Crippen LogP contribution in [0.25, 0.3) is 0 Å². The lowest BCUT2D eigenvalue weighted by atomic mass is 10.1. The van der Waals surface area contributed by atoms with Crippen molar-refractivity contribution in [1.29, 1.82) is 0 Å². The molecule has 1 atom stereocenters. The van der Waals surface area contributed by atoms with Crippen LogP contribution in [0, 0.1) is 0 Å². The van der Waals surface area contributed by atoms with E-state index < -0.39 is 12.5 Å². The summed E-state index contributed by atoms with van der Waals surface area (Å²) in [5, 5.41) is 0. The SMILES string of the molecule is COc1ccc(C(N)C(F)F)c(OC)c1. The van der Waals surface area contributed by atoms with E-state index >= 15 is 0 Å². The maximum absolute atomic E-state index is 12.4. The molecule has 0 radical (unpaired) electrons. The Bertz CT molecular complexity index is 331. The molecule has 0 bridgehead atoms. The Hall–Kier alpha value is -1.36. The van der Waals surface area contributed by atoms with E-state index in [-0.39, 0.29) is 5.56 Å². The first-order chi connectivity index (χ1) is 7.10. The molecule has 0 aliphatic carbocycles. The Morgan fingerprint density at radius 1 is 1.20 bits per heavy atom. The number of halogens is 2. The number of rotatable bonds is 4. The van der Waals surface area contributed by atoms with Gasteiger partial charge in [-0.1, -0.05) is 0 Å². The van der Waals surface area contributed by atoms with Gasteiger partial charge in [-0.25, -0.2) is 8.78 Å². The molecule has 0 aliphatic heterocycles. The van der Waals surface area contributed by atoms with Crippen LogP contribution >= 0.6 is 0 Å². The fraction of sp³-hybridized carbons (Fsp3) is 0.400. The molecule has 0 aromatic heterocycles. The van der Waals surface area contributed by atoms with Crippen molar-refractivity contribution in [1.82, 2.24) is 0 Å². The molecule has 2 N–H and O–H groups in total. The quantitative estimate of drug-likeness (QED) is 0.838. The lowest BCUT2D eigenvalue weighted by Gasteiger charge is -2.15. The highest BCUT2D eigenvalue weighted by Gasteiger charge is 2.21. The topological polar surface area (TPSA) is 44.5 Å². The van der Waals surface area contributed by atoms with Gasteiger partial charge < -0.3 is 15.2 Å². The van der Waals surface area contributed by atoms with Crippen molar-refractivity contribution in [2.75, 3.05) is 14.2 Å². The molecule has 0 aliphatic rings. The van der Waals surface area contributed by atoms with Crippen molar-refractivity contribution >= 4 is 0 Å². The molecule has 0 fully saturated rings. The van der Waals surface area contributed by atoms with Gasteiger partial charge in [0.25, 0.3) is 6.43 Å². The monoisotopic (exact) mass is 217 g/mol. The average Bonchev–Trinajstić information content (AvgIpc) is 2.27. The fourth-order valence-electron chi connectivity index (χ4n) is 1.23. The van der Waals surface area contributed by atoms with Gasteiger partial charge in [0.2, 0.25) is 0 Å². The zero-order chi connectivity index (χ0) is 11.4. The third-order valence-corrected chi connectivity index (χ3v) is 2.07. The molecule has 0 heterocycles. The molecule has 5 heteroatoms. The number of hydrogen-bond acceptors (Lipinski definition) is 3. The predicted molar refractivity (Wildman–Crippen MR) is 52.5 cm³/mol. The number of nitrogens with two attached hydrogens (primary N) is 1. The summed E-state index contributed by atoms with van der Waals surface area (Å²) in [4.78, 5) is 0. The Kier molecular flexibility index (Phi) is 3.85. The van der Waals surface area contributed by atoms with E-state index in [0.29, 0.717) is 11.5 Å². The van der Waals surface area contributed by atoms with E-state index in [0.717, 1.165) is 0 Å². The Morgan fingerprint density at radius 2 is 1.87 bits per heavy atom. The van der Waals surface area contributed by atoms with Crippen LogP contribution in [0.15, 0.2) is 18.2 Å². The van der Waals surface area contributed by atoms with Gasteiger partial charge in [0.15, 0.2) is 0 Å². The zero-order valence-corrected chi connectivity index (χ0v) is 8.54. The van der Waals surface area contributed by atoms with Gasteiger partial charge in [0.1, 0.15) is 11.5 Å². The molecule has 15 heavy (non-hydrogen) atoms. The van der Waals surface area contributed by atoms with Gasteiger partial charge in [-0.05, 0) is 12.1 Å². The summed E-state index contributed by atoms with van der Waals surface area (Å²) in [6, 6.07) is 3.23. The van der Waals surface area contributed by atoms with Crippen LogP contribution in [0.2, 0.25) is 0 Å². The molecule has 0 spiro atoms. The smallest absolute Gasteiger partial charge is 0.257 e. The largest absolute Gasteiger partial charge is 0.497 e. The lowest BCUT2D eigenvalue weighted by Crippen LogP contribution is -2.19. The summed E-state index contributed by atoms with van der Waals surface area (Å²) < 4.78 is 34.7. The minimum absolute atomic E-state index is 0.272. The van der Waals surface area contributed by atoms with Gasteiger partial charge in [0, 0.05) is 11.6 Å². The number of ether oxygens (including phenoxy) is 2. The average molecular weight is 217 g/mol. The highest BCUT2D eigenvalue weighted by atomic mass is 19.3. The normalized spacial score (nSPS) is 12.7. The second-order valence-corrected chi connectivity index (χ2v) is 2.97. The first-order valence-corrected chi connectivity index (χ1v) is 4.35. The predicted octanol–water partition coefficient (Wildman–Crippen LogP) is 1.97. The van der Waals surface area contributed by atoms with Crippen molar-refractivity contribution < 1.29 is 18.3 Å². The van der Waals surface area contributed by atoms with E-state index in [1.54, 1.807) is 6.07 Å². The number of methoxy groups -OCH3 is 2. The van der Waals surface area contributed by atoms with Crippen molar-refractivity contribution in [3.05, 3.63) is 23.8 Å². The molecular formula is C10H13F2NO2. The summed E-state index contributed by atoms with van der Waals surface area (Å²) in [5.41, 5.74) is 5.61. The van der Waals surface area contributed by atoms with Crippen LogP contribution in [0.3, 0.4) is 0 Å². The second-order valence-electron chi connectivity index (χ2n) is 2.97. The third kappa shape index (κ3) is 2.56. The van der Waals surface area contributed by atoms with Gasteiger partial charge in [-0.15, -0.1) is 0 Å². The molecule has 1 unspecified atom stereocenters. The van der Waals surface area contributed by atoms with E-state index in [1.807, 2.05) is 0 Å². The zero-order valence-electron chi connectivity index (χ0n) is 8.54. The van der Waals surface area contributed by atoms with Gasteiger partial charge in [-0.3, -0.25) is 0 Å². The summed E-state index contributed by atoms with van der Waals surface area (Å²) in [6.07, 6.45) is -2.62. The summed E-state index contributed by atoms with van der Waals surface area (Å²) >= 11 is 0. The minimum atomic E-state index is -2.62. The van der Waals surface area contributed by atoms with Crippen LogP contribution in [0.5, 0.6) is 11.5 Å². The van der Waals surface area contributed by atoms with Gasteiger partial charge >= 0.3 is 0 Å². The van der Waals surface area contributed by atoms with Crippen LogP contribution < -0.4 is 15.2 Å². The van der Waals surface area contributed by atoms with E-state index in [4.69, 9.17) is 15.2 Å². The summed E-state index contributed by atoms with van der Waals surface area (Å²) in [6.45, 7) is 0. The van der Waals surface area contributed by atoms with Crippen molar-refractivity contribution in [3.63, 3.8) is 0 Å². The van der Waals surface area contributed by atoms with Crippen LogP contribution in [-0.4, -0.2) is 20.6 Å². The molecule has 0 saturated carbocycles. The molecular weight excluding hydrogens is 204 g/mol. The fourth-order valence-corrected chi connectivity index (χ4v) is 1.23. The molecule has 0 amide bonds. The minimum Gasteiger partial charge on any atom is -0.497 e. The highest BCUT2D eigenvalue weighted by molar-refractivity contribution is 5.42. The Morgan fingerprint density at radius 3 is 2.33 bits per heavy atom. The first-order valence-electron chi connectivity index (χ1n) is 4.35. The van der Waals surface area contributed by atoms with E-state index in [1.165, 1.54) is 26.4 Å². The Balaban J connectivity index is 3.07. The molecule has 3 nitrogen and oxygen atoms in total. The molecule has 1 aromatic carbocycles. The third-order valence-electron chi connectivity index (χ3n) is 2.07.